The molecule has 2 aromatic rings. The van der Waals surface area contributed by atoms with E-state index in [0.717, 1.165) is 0 Å². The van der Waals surface area contributed by atoms with Crippen LogP contribution < -0.4 is 24.3 Å². The number of ketones is 1. The number of benzene rings is 2. The minimum Gasteiger partial charge on any atom is -0.497 e. The Labute approximate surface area is 190 Å². The molecule has 1 heterocycles. The maximum Gasteiger partial charge on any atom is 0.326 e. The minimum atomic E-state index is -1.12. The summed E-state index contributed by atoms with van der Waals surface area (Å²) in [4.78, 5) is 36.0. The van der Waals surface area contributed by atoms with Crippen LogP contribution in [0, 0.1) is 5.92 Å². The zero-order chi connectivity index (χ0) is 24.1. The molecule has 1 aliphatic heterocycles. The van der Waals surface area contributed by atoms with E-state index in [1.165, 1.54) is 13.2 Å². The second-order valence-corrected chi connectivity index (χ2v) is 7.62. The van der Waals surface area contributed by atoms with Crippen molar-refractivity contribution in [3.8, 4) is 23.0 Å². The number of rotatable bonds is 9. The van der Waals surface area contributed by atoms with E-state index in [-0.39, 0.29) is 24.1 Å². The molecule has 0 saturated heterocycles. The Morgan fingerprint density at radius 3 is 2.45 bits per heavy atom. The lowest BCUT2D eigenvalue weighted by Gasteiger charge is -2.18. The van der Waals surface area contributed by atoms with Crippen LogP contribution >= 0.6 is 0 Å². The van der Waals surface area contributed by atoms with Crippen molar-refractivity contribution in [1.29, 1.82) is 0 Å². The van der Waals surface area contributed by atoms with Gasteiger partial charge in [-0.15, -0.1) is 0 Å². The Hall–Kier alpha value is -4.01. The number of carboxylic acids is 1. The molecule has 1 aliphatic rings. The van der Waals surface area contributed by atoms with Crippen LogP contribution in [0.1, 0.15) is 29.8 Å². The highest BCUT2D eigenvalue weighted by Gasteiger charge is 2.28. The molecule has 174 valence electrons. The van der Waals surface area contributed by atoms with Gasteiger partial charge in [-0.05, 0) is 36.3 Å². The van der Waals surface area contributed by atoms with Gasteiger partial charge in [-0.25, -0.2) is 4.79 Å². The van der Waals surface area contributed by atoms with E-state index < -0.39 is 17.9 Å². The van der Waals surface area contributed by atoms with Gasteiger partial charge in [-0.2, -0.15) is 0 Å². The van der Waals surface area contributed by atoms with Crippen molar-refractivity contribution in [2.75, 3.05) is 20.8 Å². The third-order valence-corrected chi connectivity index (χ3v) is 4.99. The summed E-state index contributed by atoms with van der Waals surface area (Å²) >= 11 is 0. The molecule has 0 bridgehead atoms. The zero-order valence-electron chi connectivity index (χ0n) is 18.7. The highest BCUT2D eigenvalue weighted by atomic mass is 16.5. The van der Waals surface area contributed by atoms with Crippen LogP contribution in [0.2, 0.25) is 0 Å². The number of nitrogens with one attached hydrogen (secondary N) is 1. The smallest absolute Gasteiger partial charge is 0.326 e. The molecular weight excluding hydrogens is 430 g/mol. The number of carboxylic acid groups (broad SMARTS) is 1. The Bertz CT molecular complexity index is 1110. The number of hydrogen-bond donors (Lipinski definition) is 2. The largest absolute Gasteiger partial charge is 0.497 e. The van der Waals surface area contributed by atoms with E-state index in [4.69, 9.17) is 18.9 Å². The number of fused-ring (bicyclic) bond motifs is 1. The lowest BCUT2D eigenvalue weighted by Crippen LogP contribution is -2.46. The number of carbonyl (C=O) groups is 3. The van der Waals surface area contributed by atoms with Gasteiger partial charge < -0.3 is 29.4 Å². The molecule has 0 radical (unpaired) electrons. The summed E-state index contributed by atoms with van der Waals surface area (Å²) in [7, 11) is 3.06. The number of ether oxygens (including phenoxy) is 4. The predicted molar refractivity (Wildman–Crippen MR) is 119 cm³/mol. The van der Waals surface area contributed by atoms with Gasteiger partial charge in [0.15, 0.2) is 12.4 Å². The van der Waals surface area contributed by atoms with E-state index in [2.05, 4.69) is 5.32 Å². The first kappa shape index (κ1) is 23.6. The van der Waals surface area contributed by atoms with E-state index in [1.54, 1.807) is 57.4 Å². The van der Waals surface area contributed by atoms with Crippen molar-refractivity contribution in [3.05, 3.63) is 53.3 Å². The van der Waals surface area contributed by atoms with E-state index in [1.807, 2.05) is 0 Å². The molecule has 0 aromatic heterocycles. The van der Waals surface area contributed by atoms with Gasteiger partial charge in [0.25, 0.3) is 5.91 Å². The summed E-state index contributed by atoms with van der Waals surface area (Å²) in [6.07, 6.45) is 1.58. The monoisotopic (exact) mass is 455 g/mol. The third kappa shape index (κ3) is 5.43. The molecule has 0 saturated carbocycles. The van der Waals surface area contributed by atoms with Gasteiger partial charge in [0.1, 0.15) is 29.0 Å². The van der Waals surface area contributed by atoms with Crippen LogP contribution in [0.5, 0.6) is 23.0 Å². The van der Waals surface area contributed by atoms with Crippen LogP contribution in [-0.2, 0) is 9.59 Å². The van der Waals surface area contributed by atoms with Crippen molar-refractivity contribution in [3.63, 3.8) is 0 Å². The quantitative estimate of drug-likeness (QED) is 0.554. The Morgan fingerprint density at radius 1 is 1.09 bits per heavy atom. The Morgan fingerprint density at radius 2 is 1.82 bits per heavy atom. The molecule has 2 aromatic carbocycles. The van der Waals surface area contributed by atoms with Crippen LogP contribution in [0.25, 0.3) is 6.08 Å². The predicted octanol–water partition coefficient (Wildman–Crippen LogP) is 2.92. The number of carbonyl (C=O) groups excluding carboxylic acids is 2. The third-order valence-electron chi connectivity index (χ3n) is 4.99. The first-order valence-corrected chi connectivity index (χ1v) is 10.2. The molecule has 0 unspecified atom stereocenters. The number of hydrogen-bond acceptors (Lipinski definition) is 7. The number of methoxy groups -OCH3 is 2. The first-order valence-electron chi connectivity index (χ1n) is 10.2. The van der Waals surface area contributed by atoms with E-state index >= 15 is 0 Å². The summed E-state index contributed by atoms with van der Waals surface area (Å²) in [6, 6.07) is 8.77. The lowest BCUT2D eigenvalue weighted by molar-refractivity contribution is -0.143. The molecule has 0 fully saturated rings. The summed E-state index contributed by atoms with van der Waals surface area (Å²) in [5.41, 5.74) is 0.997. The fraction of sp³-hybridized carbons (Fsp3) is 0.292. The van der Waals surface area contributed by atoms with Crippen molar-refractivity contribution < 1.29 is 38.4 Å². The highest BCUT2D eigenvalue weighted by Crippen LogP contribution is 2.36. The zero-order valence-corrected chi connectivity index (χ0v) is 18.7. The summed E-state index contributed by atoms with van der Waals surface area (Å²) in [6.45, 7) is 3.01. The Kier molecular flexibility index (Phi) is 7.22. The SMILES string of the molecule is COc1ccc(/C=C2\Oc3cc(OCC(=O)N[C@H](C(=O)O)C(C)C)ccc3C2=O)c(OC)c1. The normalized spacial score (nSPS) is 14.5. The Balaban J connectivity index is 1.70. The maximum atomic E-state index is 12.7. The number of aliphatic carboxylic acids is 1. The molecule has 1 atom stereocenters. The van der Waals surface area contributed by atoms with Crippen LogP contribution in [0.4, 0.5) is 0 Å². The summed E-state index contributed by atoms with van der Waals surface area (Å²) in [5, 5.41) is 11.6. The van der Waals surface area contributed by atoms with Gasteiger partial charge in [0, 0.05) is 17.7 Å². The molecule has 1 amide bonds. The average molecular weight is 455 g/mol. The van der Waals surface area contributed by atoms with E-state index in [9.17, 15) is 19.5 Å². The number of allylic oxidation sites excluding steroid dienone is 1. The molecular formula is C24H25NO8. The molecule has 9 heteroatoms. The molecule has 33 heavy (non-hydrogen) atoms. The van der Waals surface area contributed by atoms with Crippen LogP contribution in [-0.4, -0.2) is 49.6 Å². The molecule has 3 rings (SSSR count). The van der Waals surface area contributed by atoms with Gasteiger partial charge in [-0.1, -0.05) is 13.8 Å². The van der Waals surface area contributed by atoms with Crippen molar-refractivity contribution in [2.45, 2.75) is 19.9 Å². The molecule has 9 nitrogen and oxygen atoms in total. The second kappa shape index (κ2) is 10.1. The number of amides is 1. The van der Waals surface area contributed by atoms with Crippen molar-refractivity contribution in [1.82, 2.24) is 5.32 Å². The van der Waals surface area contributed by atoms with Crippen molar-refractivity contribution in [2.24, 2.45) is 5.92 Å². The topological polar surface area (TPSA) is 120 Å². The minimum absolute atomic E-state index is 0.115. The summed E-state index contributed by atoms with van der Waals surface area (Å²) in [5.74, 6) is -0.413. The van der Waals surface area contributed by atoms with Gasteiger partial charge in [-0.3, -0.25) is 9.59 Å². The van der Waals surface area contributed by atoms with Gasteiger partial charge in [0.2, 0.25) is 5.78 Å². The summed E-state index contributed by atoms with van der Waals surface area (Å²) < 4.78 is 21.7. The first-order chi connectivity index (χ1) is 15.7. The van der Waals surface area contributed by atoms with Crippen molar-refractivity contribution >= 4 is 23.7 Å². The standard InChI is InChI=1S/C24H25NO8/c1-13(2)22(24(28)29)25-21(26)12-32-16-7-8-17-19(11-16)33-20(23(17)27)9-14-5-6-15(30-3)10-18(14)31-4/h5-11,13,22H,12H2,1-4H3,(H,25,26)(H,28,29)/b20-9-/t22-/m0/s1. The molecule has 0 aliphatic carbocycles. The second-order valence-electron chi connectivity index (χ2n) is 7.62. The average Bonchev–Trinajstić information content (AvgIpc) is 3.10. The van der Waals surface area contributed by atoms with Gasteiger partial charge in [0.05, 0.1) is 19.8 Å². The molecule has 0 spiro atoms. The fourth-order valence-corrected chi connectivity index (χ4v) is 3.21. The highest BCUT2D eigenvalue weighted by molar-refractivity contribution is 6.14. The molecule has 2 N–H and O–H groups in total. The van der Waals surface area contributed by atoms with Crippen LogP contribution in [0.3, 0.4) is 0 Å². The van der Waals surface area contributed by atoms with Crippen LogP contribution in [0.15, 0.2) is 42.2 Å². The van der Waals surface area contributed by atoms with E-state index in [0.29, 0.717) is 34.1 Å². The lowest BCUT2D eigenvalue weighted by atomic mass is 10.1. The fourth-order valence-electron chi connectivity index (χ4n) is 3.21. The number of Topliss-reactive ketones (excluding diaryl/α,β-unsaturated/α-hetero) is 1. The maximum absolute atomic E-state index is 12.7. The van der Waals surface area contributed by atoms with Gasteiger partial charge >= 0.3 is 5.97 Å².